The number of nitrogens with zero attached hydrogens (tertiary/aromatic N) is 3. The molecule has 0 atom stereocenters. The van der Waals surface area contributed by atoms with E-state index in [1.54, 1.807) is 6.07 Å². The number of nitro groups is 1. The SMILES string of the molecule is Cc1nc(N)nc(-c2ccoc2)c1[N+](=O)[O-]. The first kappa shape index (κ1) is 10.1. The van der Waals surface area contributed by atoms with Gasteiger partial charge in [0, 0.05) is 5.56 Å². The molecule has 2 N–H and O–H groups in total. The van der Waals surface area contributed by atoms with E-state index in [1.807, 2.05) is 0 Å². The second-order valence-electron chi connectivity index (χ2n) is 3.13. The number of rotatable bonds is 2. The summed E-state index contributed by atoms with van der Waals surface area (Å²) in [5.41, 5.74) is 6.21. The predicted molar refractivity (Wildman–Crippen MR) is 55.5 cm³/mol. The van der Waals surface area contributed by atoms with E-state index in [2.05, 4.69) is 9.97 Å². The molecule has 0 amide bonds. The van der Waals surface area contributed by atoms with Gasteiger partial charge in [0.05, 0.1) is 17.4 Å². The maximum absolute atomic E-state index is 10.9. The van der Waals surface area contributed by atoms with Crippen LogP contribution >= 0.6 is 0 Å². The molecule has 0 bridgehead atoms. The molecule has 2 heterocycles. The second-order valence-corrected chi connectivity index (χ2v) is 3.13. The number of furan rings is 1. The molecule has 0 aromatic carbocycles. The molecule has 2 rings (SSSR count). The van der Waals surface area contributed by atoms with Gasteiger partial charge in [0.25, 0.3) is 0 Å². The lowest BCUT2D eigenvalue weighted by molar-refractivity contribution is -0.385. The van der Waals surface area contributed by atoms with Crippen LogP contribution in [0.2, 0.25) is 0 Å². The number of hydrogen-bond acceptors (Lipinski definition) is 6. The Morgan fingerprint density at radius 3 is 2.81 bits per heavy atom. The molecule has 7 nitrogen and oxygen atoms in total. The molecule has 2 aromatic heterocycles. The van der Waals surface area contributed by atoms with Gasteiger partial charge in [-0.3, -0.25) is 10.1 Å². The monoisotopic (exact) mass is 220 g/mol. The van der Waals surface area contributed by atoms with Crippen LogP contribution in [0.1, 0.15) is 5.69 Å². The summed E-state index contributed by atoms with van der Waals surface area (Å²) >= 11 is 0. The minimum Gasteiger partial charge on any atom is -0.472 e. The van der Waals surface area contributed by atoms with Gasteiger partial charge in [-0.1, -0.05) is 0 Å². The summed E-state index contributed by atoms with van der Waals surface area (Å²) in [4.78, 5) is 18.0. The van der Waals surface area contributed by atoms with Crippen LogP contribution < -0.4 is 5.73 Å². The van der Waals surface area contributed by atoms with Crippen molar-refractivity contribution in [2.24, 2.45) is 0 Å². The molecule has 0 spiro atoms. The largest absolute Gasteiger partial charge is 0.472 e. The number of aryl methyl sites for hydroxylation is 1. The fourth-order valence-corrected chi connectivity index (χ4v) is 1.41. The van der Waals surface area contributed by atoms with E-state index in [-0.39, 0.29) is 23.0 Å². The molecule has 0 aliphatic rings. The molecule has 0 aliphatic carbocycles. The van der Waals surface area contributed by atoms with Gasteiger partial charge in [0.2, 0.25) is 5.95 Å². The highest BCUT2D eigenvalue weighted by Gasteiger charge is 2.23. The lowest BCUT2D eigenvalue weighted by Crippen LogP contribution is -2.04. The third-order valence-electron chi connectivity index (χ3n) is 2.05. The number of aromatic nitrogens is 2. The Bertz CT molecular complexity index is 536. The van der Waals surface area contributed by atoms with E-state index >= 15 is 0 Å². The molecule has 0 fully saturated rings. The summed E-state index contributed by atoms with van der Waals surface area (Å²) in [5.74, 6) is -0.000648. The summed E-state index contributed by atoms with van der Waals surface area (Å²) < 4.78 is 4.86. The molecular weight excluding hydrogens is 212 g/mol. The van der Waals surface area contributed by atoms with E-state index in [9.17, 15) is 10.1 Å². The molecule has 82 valence electrons. The van der Waals surface area contributed by atoms with Crippen LogP contribution in [0, 0.1) is 17.0 Å². The molecule has 0 saturated carbocycles. The molecule has 0 unspecified atom stereocenters. The van der Waals surface area contributed by atoms with Crippen LogP contribution in [0.15, 0.2) is 23.0 Å². The maximum atomic E-state index is 10.9. The Morgan fingerprint density at radius 2 is 2.25 bits per heavy atom. The number of hydrogen-bond donors (Lipinski definition) is 1. The van der Waals surface area contributed by atoms with E-state index in [1.165, 1.54) is 19.5 Å². The van der Waals surface area contributed by atoms with E-state index in [0.29, 0.717) is 5.56 Å². The molecule has 2 aromatic rings. The van der Waals surface area contributed by atoms with Gasteiger partial charge in [0.1, 0.15) is 5.69 Å². The van der Waals surface area contributed by atoms with Crippen molar-refractivity contribution in [2.75, 3.05) is 5.73 Å². The zero-order chi connectivity index (χ0) is 11.7. The Morgan fingerprint density at radius 1 is 1.50 bits per heavy atom. The average Bonchev–Trinajstić information content (AvgIpc) is 2.67. The average molecular weight is 220 g/mol. The summed E-state index contributed by atoms with van der Waals surface area (Å²) in [5, 5.41) is 10.9. The first-order chi connectivity index (χ1) is 7.59. The highest BCUT2D eigenvalue weighted by atomic mass is 16.6. The van der Waals surface area contributed by atoms with Crippen molar-refractivity contribution in [1.29, 1.82) is 0 Å². The zero-order valence-electron chi connectivity index (χ0n) is 8.38. The van der Waals surface area contributed by atoms with E-state index in [4.69, 9.17) is 10.2 Å². The van der Waals surface area contributed by atoms with Gasteiger partial charge in [-0.05, 0) is 13.0 Å². The Labute approximate surface area is 90.1 Å². The van der Waals surface area contributed by atoms with Crippen molar-refractivity contribution in [1.82, 2.24) is 9.97 Å². The number of nitrogens with two attached hydrogens (primary N) is 1. The second kappa shape index (κ2) is 3.61. The number of anilines is 1. The zero-order valence-corrected chi connectivity index (χ0v) is 8.38. The molecule has 16 heavy (non-hydrogen) atoms. The van der Waals surface area contributed by atoms with Gasteiger partial charge < -0.3 is 10.2 Å². The first-order valence-electron chi connectivity index (χ1n) is 4.40. The van der Waals surface area contributed by atoms with Crippen molar-refractivity contribution < 1.29 is 9.34 Å². The normalized spacial score (nSPS) is 10.3. The van der Waals surface area contributed by atoms with Crippen LogP contribution in [0.3, 0.4) is 0 Å². The summed E-state index contributed by atoms with van der Waals surface area (Å²) in [6, 6.07) is 1.58. The van der Waals surface area contributed by atoms with Gasteiger partial charge in [-0.2, -0.15) is 0 Å². The number of nitrogen functional groups attached to an aromatic ring is 1. The van der Waals surface area contributed by atoms with Gasteiger partial charge >= 0.3 is 5.69 Å². The fraction of sp³-hybridized carbons (Fsp3) is 0.111. The lowest BCUT2D eigenvalue weighted by Gasteiger charge is -2.02. The van der Waals surface area contributed by atoms with E-state index in [0.717, 1.165) is 0 Å². The molecular formula is C9H8N4O3. The Balaban J connectivity index is 2.72. The lowest BCUT2D eigenvalue weighted by atomic mass is 10.2. The van der Waals surface area contributed by atoms with Crippen molar-refractivity contribution >= 4 is 11.6 Å². The van der Waals surface area contributed by atoms with Crippen LogP contribution in [0.4, 0.5) is 11.6 Å². The van der Waals surface area contributed by atoms with Crippen molar-refractivity contribution in [2.45, 2.75) is 6.92 Å². The Kier molecular flexibility index (Phi) is 2.28. The van der Waals surface area contributed by atoms with Crippen molar-refractivity contribution in [3.05, 3.63) is 34.4 Å². The fourth-order valence-electron chi connectivity index (χ4n) is 1.41. The molecule has 7 heteroatoms. The minimum atomic E-state index is -0.531. The summed E-state index contributed by atoms with van der Waals surface area (Å²) in [6.45, 7) is 1.51. The van der Waals surface area contributed by atoms with Crippen molar-refractivity contribution in [3.8, 4) is 11.3 Å². The summed E-state index contributed by atoms with van der Waals surface area (Å²) in [6.07, 6.45) is 2.78. The van der Waals surface area contributed by atoms with Crippen LogP contribution in [0.25, 0.3) is 11.3 Å². The first-order valence-corrected chi connectivity index (χ1v) is 4.40. The minimum absolute atomic E-state index is 0.000648. The standard InChI is InChI=1S/C9H8N4O3/c1-5-8(13(14)15)7(12-9(10)11-5)6-2-3-16-4-6/h2-4H,1H3,(H2,10,11,12). The van der Waals surface area contributed by atoms with Gasteiger partial charge in [-0.25, -0.2) is 9.97 Å². The topological polar surface area (TPSA) is 108 Å². The smallest absolute Gasteiger partial charge is 0.316 e. The van der Waals surface area contributed by atoms with Crippen molar-refractivity contribution in [3.63, 3.8) is 0 Å². The maximum Gasteiger partial charge on any atom is 0.316 e. The third-order valence-corrected chi connectivity index (χ3v) is 2.05. The summed E-state index contributed by atoms with van der Waals surface area (Å²) in [7, 11) is 0. The van der Waals surface area contributed by atoms with E-state index < -0.39 is 4.92 Å². The quantitative estimate of drug-likeness (QED) is 0.607. The Hall–Kier alpha value is -2.44. The van der Waals surface area contributed by atoms with Gasteiger partial charge in [0.15, 0.2) is 5.69 Å². The predicted octanol–water partition coefficient (Wildman–Crippen LogP) is 1.54. The van der Waals surface area contributed by atoms with Crippen LogP contribution in [-0.2, 0) is 0 Å². The third kappa shape index (κ3) is 1.58. The van der Waals surface area contributed by atoms with Crippen LogP contribution in [-0.4, -0.2) is 14.9 Å². The molecule has 0 radical (unpaired) electrons. The van der Waals surface area contributed by atoms with Gasteiger partial charge in [-0.15, -0.1) is 0 Å². The highest BCUT2D eigenvalue weighted by molar-refractivity contribution is 5.70. The van der Waals surface area contributed by atoms with Crippen LogP contribution in [0.5, 0.6) is 0 Å². The highest BCUT2D eigenvalue weighted by Crippen LogP contribution is 2.30. The molecule has 0 aliphatic heterocycles. The molecule has 0 saturated heterocycles.